The number of aromatic nitrogens is 2. The molecule has 0 aliphatic heterocycles. The molecule has 1 aliphatic carbocycles. The van der Waals surface area contributed by atoms with Crippen LogP contribution in [0.1, 0.15) is 33.7 Å². The van der Waals surface area contributed by atoms with E-state index in [4.69, 9.17) is 4.74 Å². The van der Waals surface area contributed by atoms with Crippen LogP contribution in [0.15, 0.2) is 42.5 Å². The average Bonchev–Trinajstić information content (AvgIpc) is 3.33. The van der Waals surface area contributed by atoms with Gasteiger partial charge < -0.3 is 10.1 Å². The second kappa shape index (κ2) is 8.03. The largest absolute Gasteiger partial charge is 0.497 e. The van der Waals surface area contributed by atoms with Gasteiger partial charge in [0.1, 0.15) is 5.75 Å². The highest BCUT2D eigenvalue weighted by atomic mass is 19.2. The summed E-state index contributed by atoms with van der Waals surface area (Å²) < 4.78 is 33.6. The van der Waals surface area contributed by atoms with Crippen LogP contribution in [-0.2, 0) is 19.3 Å². The molecule has 0 radical (unpaired) electrons. The van der Waals surface area contributed by atoms with Crippen LogP contribution in [0.25, 0.3) is 5.69 Å². The maximum atomic E-state index is 13.7. The van der Waals surface area contributed by atoms with Crippen molar-refractivity contribution in [1.82, 2.24) is 15.1 Å². The molecule has 7 heteroatoms. The predicted octanol–water partition coefficient (Wildman–Crippen LogP) is 3.62. The molecule has 1 aliphatic rings. The maximum Gasteiger partial charge on any atom is 0.272 e. The fourth-order valence-electron chi connectivity index (χ4n) is 3.65. The van der Waals surface area contributed by atoms with Gasteiger partial charge in [0.2, 0.25) is 0 Å². The van der Waals surface area contributed by atoms with Crippen LogP contribution in [0.2, 0.25) is 0 Å². The smallest absolute Gasteiger partial charge is 0.272 e. The van der Waals surface area contributed by atoms with Crippen molar-refractivity contribution in [3.8, 4) is 11.4 Å². The van der Waals surface area contributed by atoms with Crippen molar-refractivity contribution in [2.75, 3.05) is 13.7 Å². The number of nitrogens with one attached hydrogen (secondary N) is 1. The molecule has 0 bridgehead atoms. The molecule has 0 fully saturated rings. The Morgan fingerprint density at radius 1 is 1.14 bits per heavy atom. The van der Waals surface area contributed by atoms with Gasteiger partial charge in [0, 0.05) is 23.9 Å². The molecule has 0 unspecified atom stereocenters. The summed E-state index contributed by atoms with van der Waals surface area (Å²) in [5, 5.41) is 7.33. The van der Waals surface area contributed by atoms with Crippen molar-refractivity contribution in [2.24, 2.45) is 0 Å². The van der Waals surface area contributed by atoms with E-state index in [0.717, 1.165) is 54.0 Å². The average molecular weight is 397 g/mol. The molecule has 1 N–H and O–H groups in total. The van der Waals surface area contributed by atoms with E-state index in [0.29, 0.717) is 24.3 Å². The van der Waals surface area contributed by atoms with Crippen molar-refractivity contribution in [3.05, 3.63) is 76.6 Å². The number of hydrogen-bond acceptors (Lipinski definition) is 3. The minimum absolute atomic E-state index is 0.252. The highest BCUT2D eigenvalue weighted by Gasteiger charge is 2.27. The highest BCUT2D eigenvalue weighted by Crippen LogP contribution is 2.28. The Morgan fingerprint density at radius 2 is 1.93 bits per heavy atom. The first kappa shape index (κ1) is 19.1. The number of halogens is 2. The number of rotatable bonds is 6. The molecule has 5 nitrogen and oxygen atoms in total. The molecule has 150 valence electrons. The lowest BCUT2D eigenvalue weighted by Crippen LogP contribution is -2.27. The zero-order chi connectivity index (χ0) is 20.4. The van der Waals surface area contributed by atoms with E-state index in [1.807, 2.05) is 24.3 Å². The first-order valence-corrected chi connectivity index (χ1v) is 9.54. The Morgan fingerprint density at radius 3 is 2.66 bits per heavy atom. The number of nitrogens with zero attached hydrogens (tertiary/aromatic N) is 2. The third-order valence-corrected chi connectivity index (χ3v) is 5.15. The summed E-state index contributed by atoms with van der Waals surface area (Å²) in [6, 6.07) is 11.3. The first-order chi connectivity index (χ1) is 14.1. The molecule has 1 amide bonds. The van der Waals surface area contributed by atoms with Gasteiger partial charge in [0.25, 0.3) is 5.91 Å². The molecule has 0 saturated carbocycles. The fourth-order valence-corrected chi connectivity index (χ4v) is 3.65. The number of methoxy groups -OCH3 is 1. The van der Waals surface area contributed by atoms with Crippen molar-refractivity contribution in [1.29, 1.82) is 0 Å². The lowest BCUT2D eigenvalue weighted by atomic mass is 10.1. The van der Waals surface area contributed by atoms with Gasteiger partial charge in [0.15, 0.2) is 17.3 Å². The SMILES string of the molecule is COc1ccc(CCNC(=O)c2nn(-c3ccc(F)c(F)c3)c3c2CCC3)cc1. The molecular weight excluding hydrogens is 376 g/mol. The van der Waals surface area contributed by atoms with Gasteiger partial charge in [-0.05, 0) is 55.5 Å². The first-order valence-electron chi connectivity index (χ1n) is 9.54. The van der Waals surface area contributed by atoms with Crippen LogP contribution in [0, 0.1) is 11.6 Å². The second-order valence-electron chi connectivity index (χ2n) is 6.99. The minimum Gasteiger partial charge on any atom is -0.497 e. The number of carbonyl (C=O) groups is 1. The molecule has 0 atom stereocenters. The number of carbonyl (C=O) groups excluding carboxylic acids is 1. The van der Waals surface area contributed by atoms with E-state index in [1.54, 1.807) is 11.8 Å². The standard InChI is InChI=1S/C22H21F2N3O2/c1-29-16-8-5-14(6-9-16)11-12-25-22(28)21-17-3-2-4-20(17)27(26-21)15-7-10-18(23)19(24)13-15/h5-10,13H,2-4,11-12H2,1H3,(H,25,28). The van der Waals surface area contributed by atoms with E-state index in [1.165, 1.54) is 6.07 Å². The summed E-state index contributed by atoms with van der Waals surface area (Å²) in [5.41, 5.74) is 3.63. The Bertz CT molecular complexity index is 1040. The lowest BCUT2D eigenvalue weighted by molar-refractivity contribution is 0.0948. The summed E-state index contributed by atoms with van der Waals surface area (Å²) in [7, 11) is 1.62. The number of ether oxygens (including phenoxy) is 1. The summed E-state index contributed by atoms with van der Waals surface area (Å²) in [6.45, 7) is 0.470. The predicted molar refractivity (Wildman–Crippen MR) is 105 cm³/mol. The van der Waals surface area contributed by atoms with Crippen molar-refractivity contribution in [2.45, 2.75) is 25.7 Å². The Hall–Kier alpha value is -3.22. The van der Waals surface area contributed by atoms with Crippen LogP contribution in [-0.4, -0.2) is 29.3 Å². The third kappa shape index (κ3) is 3.85. The van der Waals surface area contributed by atoms with Gasteiger partial charge in [-0.3, -0.25) is 4.79 Å². The van der Waals surface area contributed by atoms with Gasteiger partial charge in [-0.2, -0.15) is 5.10 Å². The molecular formula is C22H21F2N3O2. The molecule has 1 aromatic heterocycles. The van der Waals surface area contributed by atoms with Crippen molar-refractivity contribution >= 4 is 5.91 Å². The van der Waals surface area contributed by atoms with Crippen molar-refractivity contribution in [3.63, 3.8) is 0 Å². The molecule has 4 rings (SSSR count). The topological polar surface area (TPSA) is 56.1 Å². The number of benzene rings is 2. The zero-order valence-corrected chi connectivity index (χ0v) is 16.0. The third-order valence-electron chi connectivity index (χ3n) is 5.15. The van der Waals surface area contributed by atoms with E-state index in [2.05, 4.69) is 10.4 Å². The molecule has 2 aromatic carbocycles. The van der Waals surface area contributed by atoms with Crippen molar-refractivity contribution < 1.29 is 18.3 Å². The summed E-state index contributed by atoms with van der Waals surface area (Å²) in [6.07, 6.45) is 3.09. The Balaban J connectivity index is 1.49. The quantitative estimate of drug-likeness (QED) is 0.691. The van der Waals surface area contributed by atoms with Crippen LogP contribution >= 0.6 is 0 Å². The molecule has 29 heavy (non-hydrogen) atoms. The zero-order valence-electron chi connectivity index (χ0n) is 16.0. The summed E-state index contributed by atoms with van der Waals surface area (Å²) >= 11 is 0. The minimum atomic E-state index is -0.935. The van der Waals surface area contributed by atoms with Gasteiger partial charge in [-0.25, -0.2) is 13.5 Å². The number of hydrogen-bond donors (Lipinski definition) is 1. The normalized spacial score (nSPS) is 12.7. The summed E-state index contributed by atoms with van der Waals surface area (Å²) in [5.74, 6) is -1.31. The second-order valence-corrected chi connectivity index (χ2v) is 6.99. The monoisotopic (exact) mass is 397 g/mol. The number of fused-ring (bicyclic) bond motifs is 1. The Labute approximate surface area is 167 Å². The molecule has 1 heterocycles. The fraction of sp³-hybridized carbons (Fsp3) is 0.273. The van der Waals surface area contributed by atoms with Crippen LogP contribution in [0.4, 0.5) is 8.78 Å². The van der Waals surface area contributed by atoms with Crippen LogP contribution < -0.4 is 10.1 Å². The van der Waals surface area contributed by atoms with Gasteiger partial charge in [-0.15, -0.1) is 0 Å². The van der Waals surface area contributed by atoms with E-state index >= 15 is 0 Å². The summed E-state index contributed by atoms with van der Waals surface area (Å²) in [4.78, 5) is 12.7. The number of amides is 1. The Kier molecular flexibility index (Phi) is 5.29. The molecule has 0 spiro atoms. The van der Waals surface area contributed by atoms with Crippen LogP contribution in [0.5, 0.6) is 5.75 Å². The van der Waals surface area contributed by atoms with Gasteiger partial charge >= 0.3 is 0 Å². The maximum absolute atomic E-state index is 13.7. The molecule has 0 saturated heterocycles. The molecule has 3 aromatic rings. The van der Waals surface area contributed by atoms with Gasteiger partial charge in [-0.1, -0.05) is 12.1 Å². The van der Waals surface area contributed by atoms with E-state index in [9.17, 15) is 13.6 Å². The lowest BCUT2D eigenvalue weighted by Gasteiger charge is -2.07. The highest BCUT2D eigenvalue weighted by molar-refractivity contribution is 5.94. The van der Waals surface area contributed by atoms with Crippen LogP contribution in [0.3, 0.4) is 0 Å². The van der Waals surface area contributed by atoms with Gasteiger partial charge in [0.05, 0.1) is 12.8 Å². The van der Waals surface area contributed by atoms with E-state index in [-0.39, 0.29) is 5.91 Å². The van der Waals surface area contributed by atoms with E-state index < -0.39 is 11.6 Å².